The van der Waals surface area contributed by atoms with Crippen LogP contribution in [0.4, 0.5) is 5.69 Å². The van der Waals surface area contributed by atoms with Crippen molar-refractivity contribution in [2.75, 3.05) is 44.2 Å². The molecule has 2 fully saturated rings. The first-order chi connectivity index (χ1) is 17.0. The highest BCUT2D eigenvalue weighted by Gasteiger charge is 2.28. The number of carbonyl (C=O) groups is 2. The molecule has 0 saturated carbocycles. The summed E-state index contributed by atoms with van der Waals surface area (Å²) in [5.41, 5.74) is 2.53. The van der Waals surface area contributed by atoms with Crippen molar-refractivity contribution in [1.29, 1.82) is 0 Å². The van der Waals surface area contributed by atoms with Gasteiger partial charge in [0.1, 0.15) is 0 Å². The van der Waals surface area contributed by atoms with Crippen molar-refractivity contribution in [3.8, 4) is 11.4 Å². The van der Waals surface area contributed by atoms with E-state index >= 15 is 0 Å². The fourth-order valence-corrected chi connectivity index (χ4v) is 4.76. The van der Waals surface area contributed by atoms with Gasteiger partial charge in [-0.1, -0.05) is 29.7 Å². The Kier molecular flexibility index (Phi) is 6.72. The first-order valence-corrected chi connectivity index (χ1v) is 12.4. The second kappa shape index (κ2) is 10.1. The van der Waals surface area contributed by atoms with Crippen LogP contribution in [0.2, 0.25) is 5.02 Å². The highest BCUT2D eigenvalue weighted by Crippen LogP contribution is 2.26. The van der Waals surface area contributed by atoms with Crippen LogP contribution >= 0.6 is 11.6 Å². The summed E-state index contributed by atoms with van der Waals surface area (Å²) in [5.74, 6) is 0.720. The number of piperazine rings is 1. The minimum Gasteiger partial charge on any atom is -0.372 e. The van der Waals surface area contributed by atoms with E-state index in [9.17, 15) is 9.59 Å². The summed E-state index contributed by atoms with van der Waals surface area (Å²) in [6, 6.07) is 14.9. The lowest BCUT2D eigenvalue weighted by molar-refractivity contribution is 0.0508. The van der Waals surface area contributed by atoms with Gasteiger partial charge in [0.2, 0.25) is 5.82 Å². The highest BCUT2D eigenvalue weighted by molar-refractivity contribution is 6.30. The molecule has 0 spiro atoms. The summed E-state index contributed by atoms with van der Waals surface area (Å²) >= 11 is 6.01. The van der Waals surface area contributed by atoms with Crippen molar-refractivity contribution in [1.82, 2.24) is 19.9 Å². The zero-order valence-electron chi connectivity index (χ0n) is 19.7. The molecule has 2 aliphatic heterocycles. The maximum atomic E-state index is 12.9. The molecular weight excluding hydrogens is 466 g/mol. The summed E-state index contributed by atoms with van der Waals surface area (Å²) < 4.78 is 5.29. The van der Waals surface area contributed by atoms with Crippen LogP contribution in [0.3, 0.4) is 0 Å². The third-order valence-electron chi connectivity index (χ3n) is 6.81. The van der Waals surface area contributed by atoms with Crippen LogP contribution in [-0.4, -0.2) is 71.0 Å². The second-order valence-corrected chi connectivity index (χ2v) is 9.67. The predicted molar refractivity (Wildman–Crippen MR) is 134 cm³/mol. The lowest BCUT2D eigenvalue weighted by Crippen LogP contribution is -2.50. The first kappa shape index (κ1) is 23.4. The number of halogens is 1. The number of rotatable bonds is 4. The van der Waals surface area contributed by atoms with E-state index in [1.807, 2.05) is 12.1 Å². The van der Waals surface area contributed by atoms with Gasteiger partial charge in [0.15, 0.2) is 0 Å². The standard InChI is InChI=1S/C26H28ClN5O3/c1-18-9-11-30(12-10-18)22-7-5-19(6-8-22)23-28-24(35-29-23)26(34)32-15-13-31(14-16-32)25(33)20-3-2-4-21(27)17-20/h2-8,17-18H,9-16H2,1H3. The summed E-state index contributed by atoms with van der Waals surface area (Å²) in [6.45, 7) is 6.08. The number of carbonyl (C=O) groups excluding carboxylic acids is 2. The number of benzene rings is 2. The molecule has 5 rings (SSSR count). The number of piperidine rings is 1. The molecule has 3 heterocycles. The molecule has 0 bridgehead atoms. The molecule has 35 heavy (non-hydrogen) atoms. The van der Waals surface area contributed by atoms with Gasteiger partial charge < -0.3 is 19.2 Å². The van der Waals surface area contributed by atoms with Crippen LogP contribution in [0.25, 0.3) is 11.4 Å². The van der Waals surface area contributed by atoms with Gasteiger partial charge in [0.05, 0.1) is 0 Å². The van der Waals surface area contributed by atoms with Crippen molar-refractivity contribution in [3.05, 3.63) is 65.0 Å². The number of anilines is 1. The number of hydrogen-bond donors (Lipinski definition) is 0. The quantitative estimate of drug-likeness (QED) is 0.541. The maximum absolute atomic E-state index is 12.9. The number of amides is 2. The van der Waals surface area contributed by atoms with E-state index in [4.69, 9.17) is 16.1 Å². The van der Waals surface area contributed by atoms with Gasteiger partial charge in [-0.25, -0.2) is 0 Å². The molecule has 2 amide bonds. The van der Waals surface area contributed by atoms with E-state index in [2.05, 4.69) is 34.1 Å². The average molecular weight is 494 g/mol. The van der Waals surface area contributed by atoms with Crippen molar-refractivity contribution < 1.29 is 14.1 Å². The van der Waals surface area contributed by atoms with Crippen LogP contribution < -0.4 is 4.90 Å². The van der Waals surface area contributed by atoms with Crippen LogP contribution in [-0.2, 0) is 0 Å². The molecule has 8 nitrogen and oxygen atoms in total. The summed E-state index contributed by atoms with van der Waals surface area (Å²) in [4.78, 5) is 35.7. The minimum atomic E-state index is -0.322. The molecule has 2 aromatic carbocycles. The Bertz CT molecular complexity index is 1200. The van der Waals surface area contributed by atoms with Crippen molar-refractivity contribution in [2.45, 2.75) is 19.8 Å². The largest absolute Gasteiger partial charge is 0.372 e. The predicted octanol–water partition coefficient (Wildman–Crippen LogP) is 4.22. The van der Waals surface area contributed by atoms with Crippen molar-refractivity contribution in [2.24, 2.45) is 5.92 Å². The SMILES string of the molecule is CC1CCN(c2ccc(-c3noc(C(=O)N4CCN(C(=O)c5cccc(Cl)c5)CC4)n3)cc2)CC1. The molecule has 2 aliphatic rings. The fraction of sp³-hybridized carbons (Fsp3) is 0.385. The number of hydrogen-bond acceptors (Lipinski definition) is 6. The van der Waals surface area contributed by atoms with Crippen LogP contribution in [0.5, 0.6) is 0 Å². The van der Waals surface area contributed by atoms with E-state index in [1.165, 1.54) is 18.5 Å². The van der Waals surface area contributed by atoms with Gasteiger partial charge >= 0.3 is 11.8 Å². The first-order valence-electron chi connectivity index (χ1n) is 12.0. The average Bonchev–Trinajstić information content (AvgIpc) is 3.39. The monoisotopic (exact) mass is 493 g/mol. The Hall–Kier alpha value is -3.39. The zero-order valence-corrected chi connectivity index (χ0v) is 20.4. The van der Waals surface area contributed by atoms with Gasteiger partial charge in [0, 0.05) is 61.1 Å². The number of nitrogens with zero attached hydrogens (tertiary/aromatic N) is 5. The highest BCUT2D eigenvalue weighted by atomic mass is 35.5. The van der Waals surface area contributed by atoms with Crippen molar-refractivity contribution >= 4 is 29.1 Å². The topological polar surface area (TPSA) is 82.8 Å². The summed E-state index contributed by atoms with van der Waals surface area (Å²) in [7, 11) is 0. The van der Waals surface area contributed by atoms with E-state index < -0.39 is 0 Å². The van der Waals surface area contributed by atoms with E-state index in [-0.39, 0.29) is 17.7 Å². The fourth-order valence-electron chi connectivity index (χ4n) is 4.57. The minimum absolute atomic E-state index is 0.0382. The molecule has 0 unspecified atom stereocenters. The molecule has 1 aromatic heterocycles. The van der Waals surface area contributed by atoms with E-state index in [1.54, 1.807) is 34.1 Å². The van der Waals surface area contributed by atoms with Gasteiger partial charge in [0.25, 0.3) is 5.91 Å². The Balaban J connectivity index is 1.18. The van der Waals surface area contributed by atoms with Gasteiger partial charge in [-0.2, -0.15) is 4.98 Å². The van der Waals surface area contributed by atoms with Crippen LogP contribution in [0.15, 0.2) is 53.1 Å². The molecular formula is C26H28ClN5O3. The molecule has 2 saturated heterocycles. The second-order valence-electron chi connectivity index (χ2n) is 9.23. The normalized spacial score (nSPS) is 17.0. The molecule has 0 atom stereocenters. The van der Waals surface area contributed by atoms with Crippen molar-refractivity contribution in [3.63, 3.8) is 0 Å². The molecule has 0 N–H and O–H groups in total. The smallest absolute Gasteiger partial charge is 0.316 e. The van der Waals surface area contributed by atoms with Gasteiger partial charge in [-0.3, -0.25) is 9.59 Å². The van der Waals surface area contributed by atoms with E-state index in [0.717, 1.165) is 24.6 Å². The third kappa shape index (κ3) is 5.17. The summed E-state index contributed by atoms with van der Waals surface area (Å²) in [5, 5.41) is 4.54. The molecule has 0 aliphatic carbocycles. The molecule has 182 valence electrons. The van der Waals surface area contributed by atoms with Crippen LogP contribution in [0.1, 0.15) is 40.8 Å². The third-order valence-corrected chi connectivity index (χ3v) is 7.04. The Labute approximate surface area is 209 Å². The lowest BCUT2D eigenvalue weighted by atomic mass is 9.98. The lowest BCUT2D eigenvalue weighted by Gasteiger charge is -2.34. The summed E-state index contributed by atoms with van der Waals surface area (Å²) in [6.07, 6.45) is 2.42. The molecule has 9 heteroatoms. The van der Waals surface area contributed by atoms with Gasteiger partial charge in [-0.15, -0.1) is 0 Å². The maximum Gasteiger partial charge on any atom is 0.316 e. The van der Waals surface area contributed by atoms with Gasteiger partial charge in [-0.05, 0) is 61.2 Å². The van der Waals surface area contributed by atoms with E-state index in [0.29, 0.717) is 42.6 Å². The molecule has 3 aromatic rings. The number of aromatic nitrogens is 2. The Morgan fingerprint density at radius 2 is 1.57 bits per heavy atom. The Morgan fingerprint density at radius 1 is 0.914 bits per heavy atom. The molecule has 0 radical (unpaired) electrons. The van der Waals surface area contributed by atoms with Crippen LogP contribution in [0, 0.1) is 5.92 Å². The zero-order chi connectivity index (χ0) is 24.4. The Morgan fingerprint density at radius 3 is 2.23 bits per heavy atom.